The van der Waals surface area contributed by atoms with Crippen LogP contribution in [0, 0.1) is 0 Å². The van der Waals surface area contributed by atoms with Gasteiger partial charge in [-0.15, -0.1) is 0 Å². The van der Waals surface area contributed by atoms with Gasteiger partial charge in [0.1, 0.15) is 36.8 Å². The number of hydrogen-bond donors (Lipinski definition) is 4. The van der Waals surface area contributed by atoms with Crippen LogP contribution in [0.1, 0.15) is 168 Å². The molecule has 13 heteroatoms. The van der Waals surface area contributed by atoms with Gasteiger partial charge in [0.05, 0.1) is 6.61 Å². The second-order valence-corrected chi connectivity index (χ2v) is 17.2. The molecule has 0 saturated carbocycles. The first-order chi connectivity index (χ1) is 29.0. The number of unbranched alkanes of at least 4 members (excludes halogenated alkanes) is 15. The molecule has 1 saturated heterocycles. The summed E-state index contributed by atoms with van der Waals surface area (Å²) < 4.78 is 54.0. The molecule has 60 heavy (non-hydrogen) atoms. The van der Waals surface area contributed by atoms with Gasteiger partial charge >= 0.3 is 11.9 Å². The number of carbonyl (C=O) groups excluding carboxylic acids is 2. The Morgan fingerprint density at radius 2 is 1.05 bits per heavy atom. The van der Waals surface area contributed by atoms with Gasteiger partial charge in [-0.1, -0.05) is 164 Å². The second-order valence-electron chi connectivity index (χ2n) is 15.7. The van der Waals surface area contributed by atoms with Crippen molar-refractivity contribution in [2.45, 2.75) is 205 Å². The van der Waals surface area contributed by atoms with Crippen molar-refractivity contribution >= 4 is 22.1 Å². The zero-order valence-corrected chi connectivity index (χ0v) is 37.6. The molecular weight excluding hydrogens is 789 g/mol. The maximum absolute atomic E-state index is 12.8. The molecule has 0 spiro atoms. The second kappa shape index (κ2) is 37.0. The van der Waals surface area contributed by atoms with E-state index >= 15 is 0 Å². The van der Waals surface area contributed by atoms with E-state index in [4.69, 9.17) is 18.9 Å². The van der Waals surface area contributed by atoms with Crippen LogP contribution in [0.25, 0.3) is 0 Å². The Labute approximate surface area is 362 Å². The van der Waals surface area contributed by atoms with Crippen LogP contribution in [0.3, 0.4) is 0 Å². The predicted molar refractivity (Wildman–Crippen MR) is 238 cm³/mol. The molecule has 1 fully saturated rings. The smallest absolute Gasteiger partial charge is 0.306 e. The lowest BCUT2D eigenvalue weighted by Crippen LogP contribution is -2.60. The highest BCUT2D eigenvalue weighted by molar-refractivity contribution is 7.85. The third-order valence-electron chi connectivity index (χ3n) is 10.1. The third kappa shape index (κ3) is 31.2. The van der Waals surface area contributed by atoms with E-state index in [0.29, 0.717) is 19.3 Å². The van der Waals surface area contributed by atoms with Crippen LogP contribution in [0.2, 0.25) is 0 Å². The van der Waals surface area contributed by atoms with Crippen LogP contribution in [0.4, 0.5) is 0 Å². The van der Waals surface area contributed by atoms with E-state index in [-0.39, 0.29) is 19.4 Å². The van der Waals surface area contributed by atoms with Crippen molar-refractivity contribution in [3.05, 3.63) is 60.8 Å². The maximum atomic E-state index is 12.8. The number of hydrogen-bond acceptors (Lipinski definition) is 11. The van der Waals surface area contributed by atoms with Crippen molar-refractivity contribution in [3.63, 3.8) is 0 Å². The molecule has 4 N–H and O–H groups in total. The first kappa shape index (κ1) is 55.4. The van der Waals surface area contributed by atoms with E-state index in [2.05, 4.69) is 62.5 Å². The van der Waals surface area contributed by atoms with E-state index in [0.717, 1.165) is 51.4 Å². The van der Waals surface area contributed by atoms with E-state index < -0.39 is 71.2 Å². The van der Waals surface area contributed by atoms with Crippen molar-refractivity contribution in [3.8, 4) is 0 Å². The van der Waals surface area contributed by atoms with Gasteiger partial charge in [-0.05, 0) is 51.4 Å². The Bertz CT molecular complexity index is 1340. The van der Waals surface area contributed by atoms with E-state index in [1.54, 1.807) is 0 Å². The van der Waals surface area contributed by atoms with Crippen LogP contribution in [0.15, 0.2) is 60.8 Å². The van der Waals surface area contributed by atoms with Crippen molar-refractivity contribution < 1.29 is 56.8 Å². The molecular formula is C47H80O12S. The van der Waals surface area contributed by atoms with Crippen molar-refractivity contribution in [2.24, 2.45) is 0 Å². The largest absolute Gasteiger partial charge is 0.462 e. The summed E-state index contributed by atoms with van der Waals surface area (Å²) >= 11 is 0. The van der Waals surface area contributed by atoms with Gasteiger partial charge in [-0.2, -0.15) is 8.42 Å². The normalized spacial score (nSPS) is 20.7. The van der Waals surface area contributed by atoms with Crippen molar-refractivity contribution in [2.75, 3.05) is 19.0 Å². The molecule has 0 bridgehead atoms. The lowest BCUT2D eigenvalue weighted by Gasteiger charge is -2.40. The Kier molecular flexibility index (Phi) is 34.1. The average Bonchev–Trinajstić information content (AvgIpc) is 3.21. The minimum absolute atomic E-state index is 0.0851. The molecule has 1 aliphatic rings. The van der Waals surface area contributed by atoms with E-state index in [1.165, 1.54) is 70.6 Å². The first-order valence-corrected chi connectivity index (χ1v) is 24.5. The Hall–Kier alpha value is -2.65. The number of aliphatic hydroxyl groups excluding tert-OH is 3. The molecule has 0 amide bonds. The minimum Gasteiger partial charge on any atom is -0.462 e. The minimum atomic E-state index is -4.61. The molecule has 0 aromatic heterocycles. The van der Waals surface area contributed by atoms with Crippen LogP contribution < -0.4 is 0 Å². The molecule has 1 aliphatic heterocycles. The number of aliphatic hydroxyl groups is 3. The SMILES string of the molecule is CC/C=C/C/C=C/C/C=C/C/C=C/C/C=C/CCCC(=O)O[C@H](COC(=O)CCCCCCCCCCCCCCCCC)CO[C@H]1O[C@H](CS(=O)(=O)O)[C@@H](O)C(O)C1O. The van der Waals surface area contributed by atoms with Crippen LogP contribution in [0.5, 0.6) is 0 Å². The fraction of sp³-hybridized carbons (Fsp3) is 0.745. The average molecular weight is 869 g/mol. The van der Waals surface area contributed by atoms with Gasteiger partial charge in [0.25, 0.3) is 10.1 Å². The lowest BCUT2D eigenvalue weighted by molar-refractivity contribution is -0.297. The Balaban J connectivity index is 2.49. The summed E-state index contributed by atoms with van der Waals surface area (Å²) in [4.78, 5) is 25.4. The highest BCUT2D eigenvalue weighted by atomic mass is 32.2. The van der Waals surface area contributed by atoms with E-state index in [1.807, 2.05) is 12.2 Å². The summed E-state index contributed by atoms with van der Waals surface area (Å²) in [5.41, 5.74) is 0. The monoisotopic (exact) mass is 869 g/mol. The van der Waals surface area contributed by atoms with Gasteiger partial charge in [0.15, 0.2) is 12.4 Å². The summed E-state index contributed by atoms with van der Waals surface area (Å²) in [6, 6.07) is 0. The summed E-state index contributed by atoms with van der Waals surface area (Å²) in [7, 11) is -4.61. The van der Waals surface area contributed by atoms with Crippen molar-refractivity contribution in [1.82, 2.24) is 0 Å². The molecule has 346 valence electrons. The summed E-state index contributed by atoms with van der Waals surface area (Å²) in [6.07, 6.45) is 35.6. The maximum Gasteiger partial charge on any atom is 0.306 e. The molecule has 0 radical (unpaired) electrons. The number of esters is 2. The molecule has 12 nitrogen and oxygen atoms in total. The molecule has 6 atom stereocenters. The lowest BCUT2D eigenvalue weighted by atomic mass is 10.00. The molecule has 0 aliphatic carbocycles. The fourth-order valence-corrected chi connectivity index (χ4v) is 7.29. The van der Waals surface area contributed by atoms with E-state index in [9.17, 15) is 37.9 Å². The van der Waals surface area contributed by atoms with Gasteiger partial charge in [0, 0.05) is 12.8 Å². The quantitative estimate of drug-likeness (QED) is 0.0201. The van der Waals surface area contributed by atoms with Crippen molar-refractivity contribution in [1.29, 1.82) is 0 Å². The summed E-state index contributed by atoms with van der Waals surface area (Å²) in [5, 5.41) is 30.9. The topological polar surface area (TPSA) is 186 Å². The number of ether oxygens (including phenoxy) is 4. The molecule has 2 unspecified atom stereocenters. The summed E-state index contributed by atoms with van der Waals surface area (Å²) in [6.45, 7) is 3.60. The number of rotatable bonds is 37. The summed E-state index contributed by atoms with van der Waals surface area (Å²) in [5.74, 6) is -2.06. The van der Waals surface area contributed by atoms with Crippen LogP contribution in [-0.2, 0) is 38.7 Å². The Morgan fingerprint density at radius 3 is 1.55 bits per heavy atom. The Morgan fingerprint density at radius 1 is 0.583 bits per heavy atom. The molecule has 1 rings (SSSR count). The van der Waals surface area contributed by atoms with Gasteiger partial charge < -0.3 is 34.3 Å². The first-order valence-electron chi connectivity index (χ1n) is 22.8. The van der Waals surface area contributed by atoms with Gasteiger partial charge in [-0.25, -0.2) is 0 Å². The fourth-order valence-electron chi connectivity index (χ4n) is 6.59. The molecule has 1 heterocycles. The third-order valence-corrected chi connectivity index (χ3v) is 10.9. The zero-order valence-electron chi connectivity index (χ0n) is 36.8. The molecule has 0 aromatic rings. The highest BCUT2D eigenvalue weighted by Crippen LogP contribution is 2.24. The van der Waals surface area contributed by atoms with Gasteiger partial charge in [0.2, 0.25) is 0 Å². The standard InChI is InChI=1S/C47H80O12S/c1-3-5-7-9-11-13-15-17-19-20-22-24-26-28-30-32-34-36-43(49)58-40(38-57-47-46(52)45(51)44(50)41(59-47)39-60(53,54)55)37-56-42(48)35-33-31-29-27-25-23-21-18-16-14-12-10-8-6-4-2/h5,7,11,13,17,19,22,24,28,30,40-41,44-47,50-52H,3-4,6,8-10,12,14-16,18,20-21,23,25-27,29,31-39H2,1-2H3,(H,53,54,55)/b7-5+,13-11+,19-17+,24-22+,30-28+/t40-,41-,44-,45?,46?,47+/m1/s1. The number of allylic oxidation sites excluding steroid dienone is 10. The van der Waals surface area contributed by atoms with Crippen LogP contribution in [-0.4, -0.2) is 96.0 Å². The zero-order chi connectivity index (χ0) is 44.1. The molecule has 0 aromatic carbocycles. The highest BCUT2D eigenvalue weighted by Gasteiger charge is 2.46. The van der Waals surface area contributed by atoms with Crippen LogP contribution >= 0.6 is 0 Å². The van der Waals surface area contributed by atoms with Gasteiger partial charge in [-0.3, -0.25) is 14.1 Å². The number of carbonyl (C=O) groups is 2. The predicted octanol–water partition coefficient (Wildman–Crippen LogP) is 9.34.